The number of benzene rings is 3. The molecule has 0 aliphatic rings. The first-order valence-corrected chi connectivity index (χ1v) is 6.99. The molecule has 20 heavy (non-hydrogen) atoms. The zero-order chi connectivity index (χ0) is 13.9. The van der Waals surface area contributed by atoms with Gasteiger partial charge in [-0.15, -0.1) is 0 Å². The van der Waals surface area contributed by atoms with E-state index in [0.717, 1.165) is 15.2 Å². The Morgan fingerprint density at radius 2 is 1.65 bits per heavy atom. The second-order valence-electron chi connectivity index (χ2n) is 4.38. The molecule has 2 nitrogen and oxygen atoms in total. The molecule has 3 aromatic rings. The molecular weight excluding hydrogens is 316 g/mol. The molecule has 0 aliphatic heterocycles. The van der Waals surface area contributed by atoms with Gasteiger partial charge in [-0.25, -0.2) is 4.79 Å². The van der Waals surface area contributed by atoms with Crippen LogP contribution in [0.3, 0.4) is 0 Å². The topological polar surface area (TPSA) is 26.3 Å². The van der Waals surface area contributed by atoms with Crippen LogP contribution in [0.15, 0.2) is 71.2 Å². The fraction of sp³-hybridized carbons (Fsp3) is 0. The maximum absolute atomic E-state index is 12.2. The van der Waals surface area contributed by atoms with Gasteiger partial charge in [0.2, 0.25) is 0 Å². The van der Waals surface area contributed by atoms with E-state index in [0.29, 0.717) is 11.3 Å². The van der Waals surface area contributed by atoms with Crippen molar-refractivity contribution < 1.29 is 9.53 Å². The minimum atomic E-state index is -0.359. The number of carbonyl (C=O) groups is 1. The molecule has 0 saturated heterocycles. The monoisotopic (exact) mass is 326 g/mol. The normalized spacial score (nSPS) is 10.4. The first-order chi connectivity index (χ1) is 9.74. The van der Waals surface area contributed by atoms with Gasteiger partial charge in [-0.05, 0) is 29.7 Å². The highest BCUT2D eigenvalue weighted by atomic mass is 79.9. The summed E-state index contributed by atoms with van der Waals surface area (Å²) in [5.41, 5.74) is 0.521. The van der Waals surface area contributed by atoms with E-state index in [9.17, 15) is 4.79 Å². The van der Waals surface area contributed by atoms with Gasteiger partial charge in [-0.1, -0.05) is 58.4 Å². The van der Waals surface area contributed by atoms with Crippen molar-refractivity contribution in [1.29, 1.82) is 0 Å². The predicted octanol–water partition coefficient (Wildman–Crippen LogP) is 4.82. The molecule has 0 heterocycles. The lowest BCUT2D eigenvalue weighted by molar-refractivity contribution is 0.0737. The van der Waals surface area contributed by atoms with Gasteiger partial charge in [0.15, 0.2) is 0 Å². The van der Waals surface area contributed by atoms with E-state index in [1.807, 2.05) is 48.5 Å². The van der Waals surface area contributed by atoms with Gasteiger partial charge < -0.3 is 4.74 Å². The lowest BCUT2D eigenvalue weighted by Gasteiger charge is -2.07. The Balaban J connectivity index is 1.95. The second kappa shape index (κ2) is 5.47. The van der Waals surface area contributed by atoms with Crippen LogP contribution in [0.2, 0.25) is 0 Å². The number of halogens is 1. The van der Waals surface area contributed by atoms with Crippen LogP contribution in [0.4, 0.5) is 0 Å². The molecule has 0 unspecified atom stereocenters. The van der Waals surface area contributed by atoms with Crippen molar-refractivity contribution in [2.45, 2.75) is 0 Å². The number of hydrogen-bond donors (Lipinski definition) is 0. The summed E-state index contributed by atoms with van der Waals surface area (Å²) in [4.78, 5) is 12.2. The summed E-state index contributed by atoms with van der Waals surface area (Å²) in [5, 5.41) is 1.98. The molecular formula is C17H11BrO2. The van der Waals surface area contributed by atoms with Crippen LogP contribution in [-0.2, 0) is 0 Å². The molecule has 3 aromatic carbocycles. The van der Waals surface area contributed by atoms with Gasteiger partial charge in [0.05, 0.1) is 5.56 Å². The van der Waals surface area contributed by atoms with Crippen LogP contribution in [0.5, 0.6) is 5.75 Å². The second-order valence-corrected chi connectivity index (χ2v) is 5.29. The smallest absolute Gasteiger partial charge is 0.343 e. The maximum atomic E-state index is 12.2. The molecule has 0 bridgehead atoms. The fourth-order valence-corrected chi connectivity index (χ4v) is 2.46. The zero-order valence-electron chi connectivity index (χ0n) is 10.5. The number of ether oxygens (including phenoxy) is 1. The van der Waals surface area contributed by atoms with E-state index >= 15 is 0 Å². The van der Waals surface area contributed by atoms with Gasteiger partial charge in [-0.2, -0.15) is 0 Å². The highest BCUT2D eigenvalue weighted by Crippen LogP contribution is 2.26. The average Bonchev–Trinajstić information content (AvgIpc) is 2.47. The van der Waals surface area contributed by atoms with Gasteiger partial charge in [0.1, 0.15) is 5.75 Å². The highest BCUT2D eigenvalue weighted by molar-refractivity contribution is 9.10. The number of rotatable bonds is 2. The van der Waals surface area contributed by atoms with Crippen molar-refractivity contribution in [2.75, 3.05) is 0 Å². The van der Waals surface area contributed by atoms with Crippen LogP contribution in [0.25, 0.3) is 10.8 Å². The van der Waals surface area contributed by atoms with Crippen LogP contribution in [-0.4, -0.2) is 5.97 Å². The lowest BCUT2D eigenvalue weighted by Crippen LogP contribution is -2.08. The first-order valence-electron chi connectivity index (χ1n) is 6.19. The molecule has 0 radical (unpaired) electrons. The molecule has 0 aromatic heterocycles. The van der Waals surface area contributed by atoms with Crippen molar-refractivity contribution in [3.05, 3.63) is 76.8 Å². The number of carbonyl (C=O) groups excluding carboxylic acids is 1. The molecule has 0 fully saturated rings. The summed E-state index contributed by atoms with van der Waals surface area (Å²) in [6, 6.07) is 20.7. The summed E-state index contributed by atoms with van der Waals surface area (Å²) >= 11 is 3.35. The molecule has 3 rings (SSSR count). The molecule has 98 valence electrons. The van der Waals surface area contributed by atoms with E-state index in [-0.39, 0.29) is 5.97 Å². The minimum absolute atomic E-state index is 0.359. The molecule has 0 aliphatic carbocycles. The largest absolute Gasteiger partial charge is 0.422 e. The van der Waals surface area contributed by atoms with Crippen molar-refractivity contribution in [1.82, 2.24) is 0 Å². The first kappa shape index (κ1) is 12.9. The SMILES string of the molecule is O=C(Oc1cccc2ccccc12)c1cccc(Br)c1. The average molecular weight is 327 g/mol. The molecule has 0 saturated carbocycles. The zero-order valence-corrected chi connectivity index (χ0v) is 12.1. The third-order valence-corrected chi connectivity index (χ3v) is 3.51. The van der Waals surface area contributed by atoms with Gasteiger partial charge >= 0.3 is 5.97 Å². The number of hydrogen-bond acceptors (Lipinski definition) is 2. The summed E-state index contributed by atoms with van der Waals surface area (Å²) in [6.07, 6.45) is 0. The van der Waals surface area contributed by atoms with E-state index < -0.39 is 0 Å². The molecule has 0 amide bonds. The van der Waals surface area contributed by atoms with Crippen LogP contribution in [0, 0.1) is 0 Å². The third-order valence-electron chi connectivity index (χ3n) is 3.01. The Morgan fingerprint density at radius 3 is 2.50 bits per heavy atom. The Kier molecular flexibility index (Phi) is 3.52. The molecule has 0 atom stereocenters. The summed E-state index contributed by atoms with van der Waals surface area (Å²) in [5.74, 6) is 0.218. The highest BCUT2D eigenvalue weighted by Gasteiger charge is 2.10. The van der Waals surface area contributed by atoms with E-state index in [4.69, 9.17) is 4.74 Å². The van der Waals surface area contributed by atoms with Crippen LogP contribution >= 0.6 is 15.9 Å². The van der Waals surface area contributed by atoms with Crippen LogP contribution < -0.4 is 4.74 Å². The molecule has 0 N–H and O–H groups in total. The summed E-state index contributed by atoms with van der Waals surface area (Å²) < 4.78 is 6.36. The Bertz CT molecular complexity index is 775. The van der Waals surface area contributed by atoms with Gasteiger partial charge in [-0.3, -0.25) is 0 Å². The van der Waals surface area contributed by atoms with Gasteiger partial charge in [0, 0.05) is 9.86 Å². The van der Waals surface area contributed by atoms with Crippen molar-refractivity contribution in [3.63, 3.8) is 0 Å². The molecule has 0 spiro atoms. The number of esters is 1. The Morgan fingerprint density at radius 1 is 0.900 bits per heavy atom. The summed E-state index contributed by atoms with van der Waals surface area (Å²) in [7, 11) is 0. The standard InChI is InChI=1S/C17H11BrO2/c18-14-8-3-7-13(11-14)17(19)20-16-10-4-6-12-5-1-2-9-15(12)16/h1-11H. The number of fused-ring (bicyclic) bond motifs is 1. The summed E-state index contributed by atoms with van der Waals surface area (Å²) in [6.45, 7) is 0. The van der Waals surface area contributed by atoms with Crippen LogP contribution in [0.1, 0.15) is 10.4 Å². The van der Waals surface area contributed by atoms with Gasteiger partial charge in [0.25, 0.3) is 0 Å². The predicted molar refractivity (Wildman–Crippen MR) is 83.0 cm³/mol. The van der Waals surface area contributed by atoms with Crippen molar-refractivity contribution >= 4 is 32.7 Å². The quantitative estimate of drug-likeness (QED) is 0.498. The maximum Gasteiger partial charge on any atom is 0.343 e. The third kappa shape index (κ3) is 2.58. The van der Waals surface area contributed by atoms with Crippen molar-refractivity contribution in [3.8, 4) is 5.75 Å². The van der Waals surface area contributed by atoms with E-state index in [2.05, 4.69) is 15.9 Å². The fourth-order valence-electron chi connectivity index (χ4n) is 2.06. The van der Waals surface area contributed by atoms with E-state index in [1.54, 1.807) is 18.2 Å². The minimum Gasteiger partial charge on any atom is -0.422 e. The molecule has 3 heteroatoms. The van der Waals surface area contributed by atoms with E-state index in [1.165, 1.54) is 0 Å². The van der Waals surface area contributed by atoms with Crippen molar-refractivity contribution in [2.24, 2.45) is 0 Å². The Labute approximate surface area is 125 Å². The lowest BCUT2D eigenvalue weighted by atomic mass is 10.1. The Hall–Kier alpha value is -2.13.